The Balaban J connectivity index is 2.83. The molecule has 0 fully saturated rings. The molecule has 0 unspecified atom stereocenters. The zero-order valence-corrected chi connectivity index (χ0v) is 10.9. The molecule has 0 aromatic carbocycles. The predicted molar refractivity (Wildman–Crippen MR) is 70.3 cm³/mol. The molecule has 0 radical (unpaired) electrons. The quantitative estimate of drug-likeness (QED) is 0.585. The van der Waals surface area contributed by atoms with Crippen molar-refractivity contribution in [1.29, 1.82) is 0 Å². The highest BCUT2D eigenvalue weighted by molar-refractivity contribution is 5.44. The van der Waals surface area contributed by atoms with Crippen LogP contribution in [0.4, 0.5) is 0 Å². The maximum Gasteiger partial charge on any atom is 0.0442 e. The Hall–Kier alpha value is -1.24. The topological polar surface area (TPSA) is 4.93 Å². The van der Waals surface area contributed by atoms with Gasteiger partial charge in [-0.3, -0.25) is 0 Å². The molecule has 0 saturated carbocycles. The van der Waals surface area contributed by atoms with Crippen LogP contribution in [0, 0.1) is 10.8 Å². The molecule has 1 aliphatic carbocycles. The van der Waals surface area contributed by atoms with Crippen molar-refractivity contribution in [2.24, 2.45) is 17.9 Å². The summed E-state index contributed by atoms with van der Waals surface area (Å²) in [6.07, 6.45) is 11.4. The first-order valence-electron chi connectivity index (χ1n) is 5.87. The monoisotopic (exact) mass is 215 g/mol. The van der Waals surface area contributed by atoms with Crippen LogP contribution in [-0.2, 0) is 7.05 Å². The molecule has 1 aromatic rings. The van der Waals surface area contributed by atoms with Crippen molar-refractivity contribution in [1.82, 2.24) is 4.57 Å². The highest BCUT2D eigenvalue weighted by Gasteiger charge is 2.17. The number of rotatable bonds is 0. The zero-order valence-electron chi connectivity index (χ0n) is 10.9. The molecule has 0 amide bonds. The summed E-state index contributed by atoms with van der Waals surface area (Å²) in [6.45, 7) is 9.01. The van der Waals surface area contributed by atoms with Gasteiger partial charge in [0.2, 0.25) is 0 Å². The van der Waals surface area contributed by atoms with E-state index >= 15 is 0 Å². The predicted octanol–water partition coefficient (Wildman–Crippen LogP) is 2.21. The van der Waals surface area contributed by atoms with E-state index in [1.807, 2.05) is 0 Å². The second kappa shape index (κ2) is 3.38. The molecule has 1 aromatic heterocycles. The van der Waals surface area contributed by atoms with Gasteiger partial charge in [-0.25, -0.2) is 0 Å². The number of allylic oxidation sites excluding steroid dienone is 2. The lowest BCUT2D eigenvalue weighted by Gasteiger charge is -2.22. The van der Waals surface area contributed by atoms with E-state index < -0.39 is 0 Å². The van der Waals surface area contributed by atoms with Gasteiger partial charge in [-0.15, -0.1) is 0 Å². The molecular weight excluding hydrogens is 194 g/mol. The summed E-state index contributed by atoms with van der Waals surface area (Å²) in [4.78, 5) is 0. The van der Waals surface area contributed by atoms with Crippen LogP contribution in [0.1, 0.15) is 27.7 Å². The van der Waals surface area contributed by atoms with Crippen LogP contribution in [-0.4, -0.2) is 4.57 Å². The van der Waals surface area contributed by atoms with E-state index in [1.54, 1.807) is 0 Å². The highest BCUT2D eigenvalue weighted by Crippen LogP contribution is 2.26. The van der Waals surface area contributed by atoms with Crippen LogP contribution >= 0.6 is 0 Å². The third kappa shape index (κ3) is 2.13. The van der Waals surface area contributed by atoms with E-state index in [1.165, 1.54) is 10.6 Å². The number of hydrogen-bond acceptors (Lipinski definition) is 0. The Morgan fingerprint density at radius 3 is 2.12 bits per heavy atom. The third-order valence-corrected chi connectivity index (χ3v) is 3.13. The maximum atomic E-state index is 2.34. The zero-order chi connectivity index (χ0) is 12.0. The van der Waals surface area contributed by atoms with Crippen LogP contribution in [0.25, 0.3) is 12.2 Å². The summed E-state index contributed by atoms with van der Waals surface area (Å²) in [5, 5.41) is 2.66. The van der Waals surface area contributed by atoms with Crippen molar-refractivity contribution in [3.8, 4) is 0 Å². The molecule has 0 spiro atoms. The summed E-state index contributed by atoms with van der Waals surface area (Å²) in [6, 6.07) is 2.20. The van der Waals surface area contributed by atoms with E-state index in [0.717, 1.165) is 0 Å². The van der Waals surface area contributed by atoms with E-state index in [0.29, 0.717) is 0 Å². The molecule has 0 saturated heterocycles. The SMILES string of the molecule is Cn1ccc2/c1=C\C(C)(C)/C=C\C(C)(C)\C=2. The average molecular weight is 215 g/mol. The Morgan fingerprint density at radius 1 is 0.938 bits per heavy atom. The van der Waals surface area contributed by atoms with Crippen molar-refractivity contribution < 1.29 is 0 Å². The molecule has 0 aliphatic heterocycles. The fourth-order valence-corrected chi connectivity index (χ4v) is 2.15. The number of fused-ring (bicyclic) bond motifs is 1. The van der Waals surface area contributed by atoms with Crippen LogP contribution in [0.3, 0.4) is 0 Å². The smallest absolute Gasteiger partial charge is 0.0442 e. The summed E-state index contributed by atoms with van der Waals surface area (Å²) >= 11 is 0. The second-order valence-electron chi connectivity index (χ2n) is 6.03. The van der Waals surface area contributed by atoms with E-state index in [2.05, 4.69) is 75.9 Å². The van der Waals surface area contributed by atoms with Gasteiger partial charge in [0.15, 0.2) is 0 Å². The molecule has 16 heavy (non-hydrogen) atoms. The minimum atomic E-state index is 0.117. The normalized spacial score (nSPS) is 27.6. The highest BCUT2D eigenvalue weighted by atomic mass is 14.9. The Bertz CT molecular complexity index is 538. The van der Waals surface area contributed by atoms with Gasteiger partial charge in [0.25, 0.3) is 0 Å². The third-order valence-electron chi connectivity index (χ3n) is 3.13. The first-order valence-corrected chi connectivity index (χ1v) is 5.87. The van der Waals surface area contributed by atoms with Gasteiger partial charge in [-0.05, 0) is 11.3 Å². The van der Waals surface area contributed by atoms with Gasteiger partial charge in [0, 0.05) is 29.4 Å². The number of aromatic nitrogens is 1. The van der Waals surface area contributed by atoms with Crippen molar-refractivity contribution >= 4 is 12.2 Å². The Kier molecular flexibility index (Phi) is 2.37. The van der Waals surface area contributed by atoms with Crippen molar-refractivity contribution in [3.63, 3.8) is 0 Å². The fraction of sp³-hybridized carbons (Fsp3) is 0.467. The van der Waals surface area contributed by atoms with Crippen molar-refractivity contribution in [3.05, 3.63) is 35.0 Å². The summed E-state index contributed by atoms with van der Waals surface area (Å²) in [5.74, 6) is 0. The Morgan fingerprint density at radius 2 is 1.50 bits per heavy atom. The molecule has 1 nitrogen and oxygen atoms in total. The molecule has 0 atom stereocenters. The molecule has 86 valence electrons. The first kappa shape index (κ1) is 11.3. The number of nitrogens with zero attached hydrogens (tertiary/aromatic N) is 1. The van der Waals surface area contributed by atoms with Crippen LogP contribution in [0.2, 0.25) is 0 Å². The summed E-state index contributed by atoms with van der Waals surface area (Å²) in [5.41, 5.74) is 0.244. The minimum absolute atomic E-state index is 0.117. The summed E-state index contributed by atoms with van der Waals surface area (Å²) < 4.78 is 2.20. The molecule has 2 rings (SSSR count). The van der Waals surface area contributed by atoms with Gasteiger partial charge in [-0.2, -0.15) is 0 Å². The molecule has 0 bridgehead atoms. The van der Waals surface area contributed by atoms with E-state index in [-0.39, 0.29) is 10.8 Å². The van der Waals surface area contributed by atoms with Crippen LogP contribution in [0.15, 0.2) is 24.4 Å². The molecule has 0 N–H and O–H groups in total. The lowest BCUT2D eigenvalue weighted by Crippen LogP contribution is -2.32. The number of hydrogen-bond donors (Lipinski definition) is 0. The fourth-order valence-electron chi connectivity index (χ4n) is 2.15. The standard InChI is InChI=1S/C15H21N/c1-14(2)7-8-15(3,4)11-13-12(10-14)6-9-16(13)5/h6-11H,1-5H3/b8-7-,12-10-,13-11+. The average Bonchev–Trinajstić information content (AvgIpc) is 2.45. The van der Waals surface area contributed by atoms with Gasteiger partial charge in [0.05, 0.1) is 0 Å². The van der Waals surface area contributed by atoms with Gasteiger partial charge < -0.3 is 4.57 Å². The lowest BCUT2D eigenvalue weighted by molar-refractivity contribution is 0.614. The van der Waals surface area contributed by atoms with Gasteiger partial charge >= 0.3 is 0 Å². The molecule has 1 heteroatoms. The maximum absolute atomic E-state index is 2.34. The minimum Gasteiger partial charge on any atom is -0.351 e. The van der Waals surface area contributed by atoms with Crippen molar-refractivity contribution in [2.45, 2.75) is 27.7 Å². The van der Waals surface area contributed by atoms with Crippen LogP contribution in [0.5, 0.6) is 0 Å². The van der Waals surface area contributed by atoms with Crippen molar-refractivity contribution in [2.75, 3.05) is 0 Å². The first-order chi connectivity index (χ1) is 7.29. The largest absolute Gasteiger partial charge is 0.351 e. The van der Waals surface area contributed by atoms with Gasteiger partial charge in [-0.1, -0.05) is 52.0 Å². The second-order valence-corrected chi connectivity index (χ2v) is 6.03. The number of aryl methyl sites for hydroxylation is 1. The van der Waals surface area contributed by atoms with Gasteiger partial charge in [0.1, 0.15) is 0 Å². The molecular formula is C15H21N. The summed E-state index contributed by atoms with van der Waals surface area (Å²) in [7, 11) is 2.11. The van der Waals surface area contributed by atoms with E-state index in [9.17, 15) is 0 Å². The van der Waals surface area contributed by atoms with Crippen LogP contribution < -0.4 is 10.6 Å². The molecule has 1 heterocycles. The van der Waals surface area contributed by atoms with E-state index in [4.69, 9.17) is 0 Å². The lowest BCUT2D eigenvalue weighted by atomic mass is 9.83. The molecule has 1 aliphatic rings. The Labute approximate surface area is 97.8 Å².